The van der Waals surface area contributed by atoms with Crippen LogP contribution in [0.4, 0.5) is 0 Å². The molecule has 0 aliphatic rings. The van der Waals surface area contributed by atoms with Crippen LogP contribution in [-0.2, 0) is 0 Å². The lowest BCUT2D eigenvalue weighted by Crippen LogP contribution is -2.00. The number of hydrogen-bond donors (Lipinski definition) is 0. The molecule has 4 heteroatoms. The van der Waals surface area contributed by atoms with Crippen LogP contribution in [0.3, 0.4) is 0 Å². The first-order valence-corrected chi connectivity index (χ1v) is 6.93. The Hall–Kier alpha value is -0.930. The van der Waals surface area contributed by atoms with Crippen molar-refractivity contribution in [1.29, 1.82) is 0 Å². The Balaban J connectivity index is 2.55. The maximum atomic E-state index is 6.31. The number of benzene rings is 1. The van der Waals surface area contributed by atoms with Gasteiger partial charge in [-0.1, -0.05) is 36.4 Å². The maximum absolute atomic E-state index is 6.31. The third-order valence-corrected chi connectivity index (χ3v) is 3.66. The first-order chi connectivity index (χ1) is 8.13. The molecule has 2 rings (SSSR count). The van der Waals surface area contributed by atoms with Crippen LogP contribution >= 0.6 is 23.4 Å². The van der Waals surface area contributed by atoms with Gasteiger partial charge in [0.25, 0.3) is 0 Å². The molecule has 0 bridgehead atoms. The minimum absolute atomic E-state index is 0.768. The van der Waals surface area contributed by atoms with Crippen LogP contribution in [0.15, 0.2) is 29.6 Å². The molecule has 0 radical (unpaired) electrons. The fourth-order valence-electron chi connectivity index (χ4n) is 1.73. The van der Waals surface area contributed by atoms with Crippen molar-refractivity contribution in [3.8, 4) is 5.69 Å². The summed E-state index contributed by atoms with van der Waals surface area (Å²) in [5, 5.41) is 1.76. The van der Waals surface area contributed by atoms with Crippen LogP contribution in [0.5, 0.6) is 0 Å². The molecule has 0 aliphatic heterocycles. The van der Waals surface area contributed by atoms with Crippen molar-refractivity contribution in [2.45, 2.75) is 25.9 Å². The van der Waals surface area contributed by atoms with E-state index in [1.807, 2.05) is 32.2 Å². The Labute approximate surface area is 111 Å². The lowest BCUT2D eigenvalue weighted by atomic mass is 10.2. The Morgan fingerprint density at radius 3 is 2.76 bits per heavy atom. The largest absolute Gasteiger partial charge is 0.291 e. The van der Waals surface area contributed by atoms with E-state index in [0.29, 0.717) is 0 Å². The number of aromatic nitrogens is 2. The second-order valence-corrected chi connectivity index (χ2v) is 5.54. The zero-order chi connectivity index (χ0) is 12.4. The van der Waals surface area contributed by atoms with Gasteiger partial charge in [0.1, 0.15) is 0 Å². The van der Waals surface area contributed by atoms with Gasteiger partial charge in [0.2, 0.25) is 0 Å². The SMILES string of the molecule is CCSc1ncc(C)n1-c1ccc(C)cc1Cl. The number of halogens is 1. The van der Waals surface area contributed by atoms with Crippen molar-refractivity contribution in [3.05, 3.63) is 40.7 Å². The van der Waals surface area contributed by atoms with E-state index in [-0.39, 0.29) is 0 Å². The average molecular weight is 267 g/mol. The molecular weight excluding hydrogens is 252 g/mol. The summed E-state index contributed by atoms with van der Waals surface area (Å²) in [6, 6.07) is 6.10. The quantitative estimate of drug-likeness (QED) is 0.773. The smallest absolute Gasteiger partial charge is 0.172 e. The van der Waals surface area contributed by atoms with Crippen LogP contribution in [0.2, 0.25) is 5.02 Å². The summed E-state index contributed by atoms with van der Waals surface area (Å²) in [4.78, 5) is 4.41. The van der Waals surface area contributed by atoms with E-state index in [0.717, 1.165) is 27.3 Å². The standard InChI is InChI=1S/C13H15ClN2S/c1-4-17-13-15-8-10(3)16(13)12-6-5-9(2)7-11(12)14/h5-8H,4H2,1-3H3. The van der Waals surface area contributed by atoms with Crippen LogP contribution < -0.4 is 0 Å². The van der Waals surface area contributed by atoms with E-state index >= 15 is 0 Å². The Morgan fingerprint density at radius 1 is 1.35 bits per heavy atom. The normalized spacial score (nSPS) is 10.8. The summed E-state index contributed by atoms with van der Waals surface area (Å²) in [6.45, 7) is 6.21. The van der Waals surface area contributed by atoms with Crippen LogP contribution in [0.1, 0.15) is 18.2 Å². The second-order valence-electron chi connectivity index (χ2n) is 3.91. The van der Waals surface area contributed by atoms with Gasteiger partial charge in [-0.2, -0.15) is 0 Å². The fourth-order valence-corrected chi connectivity index (χ4v) is 2.81. The third-order valence-electron chi connectivity index (χ3n) is 2.52. The number of hydrogen-bond acceptors (Lipinski definition) is 2. The van der Waals surface area contributed by atoms with Crippen LogP contribution in [0, 0.1) is 13.8 Å². The van der Waals surface area contributed by atoms with E-state index in [1.54, 1.807) is 11.8 Å². The molecule has 1 heterocycles. The third kappa shape index (κ3) is 2.50. The summed E-state index contributed by atoms with van der Waals surface area (Å²) >= 11 is 8.03. The van der Waals surface area contributed by atoms with E-state index in [2.05, 4.69) is 22.5 Å². The predicted molar refractivity (Wildman–Crippen MR) is 74.4 cm³/mol. The number of imidazole rings is 1. The van der Waals surface area contributed by atoms with Gasteiger partial charge in [0.15, 0.2) is 5.16 Å². The minimum Gasteiger partial charge on any atom is -0.291 e. The second kappa shape index (κ2) is 5.15. The molecule has 2 aromatic rings. The van der Waals surface area contributed by atoms with Crippen molar-refractivity contribution in [2.24, 2.45) is 0 Å². The van der Waals surface area contributed by atoms with Gasteiger partial charge in [-0.3, -0.25) is 4.57 Å². The van der Waals surface area contributed by atoms with Crippen molar-refractivity contribution >= 4 is 23.4 Å². The van der Waals surface area contributed by atoms with Crippen molar-refractivity contribution in [3.63, 3.8) is 0 Å². The number of thioether (sulfide) groups is 1. The molecule has 0 fully saturated rings. The molecule has 0 amide bonds. The van der Waals surface area contributed by atoms with Gasteiger partial charge < -0.3 is 0 Å². The van der Waals surface area contributed by atoms with E-state index in [1.165, 1.54) is 5.56 Å². The predicted octanol–water partition coefficient (Wildman–Crippen LogP) is 4.25. The summed E-state index contributed by atoms with van der Waals surface area (Å²) in [5.74, 6) is 1.000. The first-order valence-electron chi connectivity index (χ1n) is 5.57. The molecule has 0 aliphatic carbocycles. The van der Waals surface area contributed by atoms with Crippen molar-refractivity contribution < 1.29 is 0 Å². The molecule has 0 atom stereocenters. The first kappa shape index (κ1) is 12.5. The highest BCUT2D eigenvalue weighted by molar-refractivity contribution is 7.99. The monoisotopic (exact) mass is 266 g/mol. The fraction of sp³-hybridized carbons (Fsp3) is 0.308. The Morgan fingerprint density at radius 2 is 2.12 bits per heavy atom. The molecule has 0 saturated heterocycles. The summed E-state index contributed by atoms with van der Waals surface area (Å²) in [6.07, 6.45) is 1.88. The van der Waals surface area contributed by atoms with Gasteiger partial charge in [-0.05, 0) is 37.3 Å². The molecule has 0 saturated carbocycles. The molecule has 90 valence electrons. The van der Waals surface area contributed by atoms with Crippen LogP contribution in [-0.4, -0.2) is 15.3 Å². The van der Waals surface area contributed by atoms with E-state index < -0.39 is 0 Å². The van der Waals surface area contributed by atoms with Crippen molar-refractivity contribution in [1.82, 2.24) is 9.55 Å². The molecule has 0 spiro atoms. The zero-order valence-electron chi connectivity index (χ0n) is 10.2. The number of aryl methyl sites for hydroxylation is 2. The molecule has 0 unspecified atom stereocenters. The van der Waals surface area contributed by atoms with Crippen molar-refractivity contribution in [2.75, 3.05) is 5.75 Å². The topological polar surface area (TPSA) is 17.8 Å². The van der Waals surface area contributed by atoms with Crippen LogP contribution in [0.25, 0.3) is 5.69 Å². The van der Waals surface area contributed by atoms with Gasteiger partial charge in [-0.15, -0.1) is 0 Å². The number of nitrogens with zero attached hydrogens (tertiary/aromatic N) is 2. The Bertz CT molecular complexity index is 534. The molecular formula is C13H15ClN2S. The molecule has 17 heavy (non-hydrogen) atoms. The summed E-state index contributed by atoms with van der Waals surface area (Å²) in [7, 11) is 0. The van der Waals surface area contributed by atoms with E-state index in [4.69, 9.17) is 11.6 Å². The van der Waals surface area contributed by atoms with Gasteiger partial charge in [0, 0.05) is 11.9 Å². The van der Waals surface area contributed by atoms with E-state index in [9.17, 15) is 0 Å². The molecule has 0 N–H and O–H groups in total. The lowest BCUT2D eigenvalue weighted by molar-refractivity contribution is 0.869. The molecule has 1 aromatic heterocycles. The van der Waals surface area contributed by atoms with Gasteiger partial charge in [0.05, 0.1) is 10.7 Å². The average Bonchev–Trinajstić information content (AvgIpc) is 2.62. The highest BCUT2D eigenvalue weighted by Crippen LogP contribution is 2.28. The maximum Gasteiger partial charge on any atom is 0.172 e. The molecule has 2 nitrogen and oxygen atoms in total. The van der Waals surface area contributed by atoms with Gasteiger partial charge in [-0.25, -0.2) is 4.98 Å². The van der Waals surface area contributed by atoms with Gasteiger partial charge >= 0.3 is 0 Å². The minimum atomic E-state index is 0.768. The number of rotatable bonds is 3. The summed E-state index contributed by atoms with van der Waals surface area (Å²) in [5.41, 5.74) is 3.27. The highest BCUT2D eigenvalue weighted by Gasteiger charge is 2.11. The lowest BCUT2D eigenvalue weighted by Gasteiger charge is -2.11. The Kier molecular flexibility index (Phi) is 3.79. The summed E-state index contributed by atoms with van der Waals surface area (Å²) < 4.78 is 2.11. The highest BCUT2D eigenvalue weighted by atomic mass is 35.5. The zero-order valence-corrected chi connectivity index (χ0v) is 11.8. The molecule has 1 aromatic carbocycles.